The Morgan fingerprint density at radius 3 is 2.11 bits per heavy atom. The van der Waals surface area contributed by atoms with Gasteiger partial charge in [0.2, 0.25) is 5.95 Å². The van der Waals surface area contributed by atoms with Crippen LogP contribution in [-0.2, 0) is 0 Å². The third-order valence-electron chi connectivity index (χ3n) is 0.658. The minimum atomic E-state index is 0. The van der Waals surface area contributed by atoms with Crippen LogP contribution in [0.3, 0.4) is 0 Å². The van der Waals surface area contributed by atoms with E-state index in [2.05, 4.69) is 9.97 Å². The van der Waals surface area contributed by atoms with Crippen LogP contribution in [0.15, 0.2) is 12.4 Å². The predicted octanol–water partition coefficient (Wildman–Crippen LogP) is 0.186. The van der Waals surface area contributed by atoms with E-state index >= 15 is 0 Å². The molecule has 0 unspecified atom stereocenters. The van der Waals surface area contributed by atoms with E-state index in [9.17, 15) is 0 Å². The van der Waals surface area contributed by atoms with Crippen molar-refractivity contribution in [3.8, 4) is 5.75 Å². The topological polar surface area (TPSA) is 72.0 Å². The number of nitrogen functional groups attached to an aromatic ring is 1. The van der Waals surface area contributed by atoms with Crippen molar-refractivity contribution in [2.24, 2.45) is 0 Å². The van der Waals surface area contributed by atoms with E-state index < -0.39 is 0 Å². The molecular weight excluding hydrogens is 142 g/mol. The summed E-state index contributed by atoms with van der Waals surface area (Å²) in [5.41, 5.74) is 5.09. The molecule has 0 aliphatic heterocycles. The van der Waals surface area contributed by atoms with Crippen molar-refractivity contribution in [2.45, 2.75) is 0 Å². The first kappa shape index (κ1) is 7.97. The van der Waals surface area contributed by atoms with E-state index in [0.29, 0.717) is 0 Å². The van der Waals surface area contributed by atoms with E-state index in [1.165, 1.54) is 12.4 Å². The molecule has 5 heteroatoms. The lowest BCUT2D eigenvalue weighted by atomic mass is 10.6. The zero-order chi connectivity index (χ0) is 5.98. The van der Waals surface area contributed by atoms with Crippen LogP contribution in [0.5, 0.6) is 5.75 Å². The quantitative estimate of drug-likeness (QED) is 0.550. The average Bonchev–Trinajstić information content (AvgIpc) is 1.77. The summed E-state index contributed by atoms with van der Waals surface area (Å²) in [6, 6.07) is 0. The van der Waals surface area contributed by atoms with E-state index in [-0.39, 0.29) is 24.1 Å². The maximum atomic E-state index is 8.58. The van der Waals surface area contributed by atoms with Gasteiger partial charge in [0, 0.05) is 0 Å². The van der Waals surface area contributed by atoms with Gasteiger partial charge in [0.25, 0.3) is 0 Å². The molecule has 1 aromatic rings. The summed E-state index contributed by atoms with van der Waals surface area (Å²) in [4.78, 5) is 6.99. The lowest BCUT2D eigenvalue weighted by Gasteiger charge is -1.87. The zero-order valence-corrected chi connectivity index (χ0v) is 5.30. The van der Waals surface area contributed by atoms with Crippen LogP contribution in [0, 0.1) is 0 Å². The van der Waals surface area contributed by atoms with Gasteiger partial charge in [-0.15, -0.1) is 12.4 Å². The van der Waals surface area contributed by atoms with E-state index in [1.807, 2.05) is 0 Å². The average molecular weight is 148 g/mol. The third-order valence-corrected chi connectivity index (χ3v) is 0.658. The van der Waals surface area contributed by atoms with E-state index in [0.717, 1.165) is 0 Å². The van der Waals surface area contributed by atoms with Gasteiger partial charge in [-0.3, -0.25) is 0 Å². The van der Waals surface area contributed by atoms with Crippen LogP contribution >= 0.6 is 12.4 Å². The zero-order valence-electron chi connectivity index (χ0n) is 4.48. The molecule has 0 bridgehead atoms. The maximum absolute atomic E-state index is 8.58. The Bertz CT molecular complexity index is 155. The van der Waals surface area contributed by atoms with Crippen LogP contribution in [0.25, 0.3) is 0 Å². The van der Waals surface area contributed by atoms with Crippen molar-refractivity contribution >= 4 is 18.4 Å². The minimum Gasteiger partial charge on any atom is -0.505 e. The Labute approximate surface area is 58.2 Å². The molecule has 1 heterocycles. The van der Waals surface area contributed by atoms with Gasteiger partial charge >= 0.3 is 0 Å². The molecule has 4 nitrogen and oxygen atoms in total. The smallest absolute Gasteiger partial charge is 0.220 e. The molecule has 0 radical (unpaired) electrons. The van der Waals surface area contributed by atoms with Crippen molar-refractivity contribution in [3.05, 3.63) is 12.4 Å². The Balaban J connectivity index is 0.000000640. The Morgan fingerprint density at radius 2 is 1.78 bits per heavy atom. The number of nitrogens with zero attached hydrogens (tertiary/aromatic N) is 2. The van der Waals surface area contributed by atoms with Crippen LogP contribution in [0.4, 0.5) is 5.95 Å². The van der Waals surface area contributed by atoms with E-state index in [1.54, 1.807) is 0 Å². The maximum Gasteiger partial charge on any atom is 0.220 e. The second kappa shape index (κ2) is 3.09. The van der Waals surface area contributed by atoms with Crippen molar-refractivity contribution in [3.63, 3.8) is 0 Å². The fourth-order valence-corrected chi connectivity index (χ4v) is 0.331. The molecule has 0 amide bonds. The van der Waals surface area contributed by atoms with Gasteiger partial charge in [-0.2, -0.15) is 0 Å². The highest BCUT2D eigenvalue weighted by Gasteiger charge is 1.85. The van der Waals surface area contributed by atoms with Crippen molar-refractivity contribution < 1.29 is 5.11 Å². The first-order valence-electron chi connectivity index (χ1n) is 2.05. The van der Waals surface area contributed by atoms with Gasteiger partial charge in [0.05, 0.1) is 12.4 Å². The molecule has 50 valence electrons. The molecule has 0 aliphatic rings. The predicted molar refractivity (Wildman–Crippen MR) is 35.4 cm³/mol. The highest BCUT2D eigenvalue weighted by molar-refractivity contribution is 5.85. The van der Waals surface area contributed by atoms with Crippen LogP contribution in [0.2, 0.25) is 0 Å². The number of anilines is 1. The largest absolute Gasteiger partial charge is 0.505 e. The SMILES string of the molecule is Cl.Nc1ncc(O)cn1. The lowest BCUT2D eigenvalue weighted by Crippen LogP contribution is -1.91. The van der Waals surface area contributed by atoms with Gasteiger partial charge in [-0.1, -0.05) is 0 Å². The molecule has 0 aromatic carbocycles. The number of hydrogen-bond acceptors (Lipinski definition) is 4. The van der Waals surface area contributed by atoms with Crippen molar-refractivity contribution in [2.75, 3.05) is 5.73 Å². The number of aromatic hydroxyl groups is 1. The van der Waals surface area contributed by atoms with Crippen LogP contribution < -0.4 is 5.73 Å². The summed E-state index contributed by atoms with van der Waals surface area (Å²) in [7, 11) is 0. The van der Waals surface area contributed by atoms with Crippen LogP contribution in [0.1, 0.15) is 0 Å². The Kier molecular flexibility index (Phi) is 2.73. The molecule has 1 rings (SSSR count). The molecular formula is C4H6ClN3O. The van der Waals surface area contributed by atoms with Gasteiger partial charge < -0.3 is 10.8 Å². The number of nitrogens with two attached hydrogens (primary N) is 1. The van der Waals surface area contributed by atoms with E-state index in [4.69, 9.17) is 10.8 Å². The summed E-state index contributed by atoms with van der Waals surface area (Å²) in [5.74, 6) is 0.196. The second-order valence-electron chi connectivity index (χ2n) is 1.30. The summed E-state index contributed by atoms with van der Waals surface area (Å²) in [6.07, 6.45) is 2.48. The first-order valence-corrected chi connectivity index (χ1v) is 2.05. The van der Waals surface area contributed by atoms with Gasteiger partial charge in [0.15, 0.2) is 5.75 Å². The lowest BCUT2D eigenvalue weighted by molar-refractivity contribution is 0.470. The normalized spacial score (nSPS) is 8.00. The minimum absolute atomic E-state index is 0. The third kappa shape index (κ3) is 2.14. The molecule has 1 aromatic heterocycles. The summed E-state index contributed by atoms with van der Waals surface area (Å²) in [5, 5.41) is 8.58. The van der Waals surface area contributed by atoms with Crippen molar-refractivity contribution in [1.29, 1.82) is 0 Å². The molecule has 0 atom stereocenters. The molecule has 9 heavy (non-hydrogen) atoms. The molecule has 3 N–H and O–H groups in total. The molecule has 0 fully saturated rings. The highest BCUT2D eigenvalue weighted by atomic mass is 35.5. The van der Waals surface area contributed by atoms with Gasteiger partial charge in [0.1, 0.15) is 0 Å². The second-order valence-corrected chi connectivity index (χ2v) is 1.30. The number of hydrogen-bond donors (Lipinski definition) is 2. The van der Waals surface area contributed by atoms with Crippen molar-refractivity contribution in [1.82, 2.24) is 9.97 Å². The number of aromatic nitrogens is 2. The Hall–Kier alpha value is -1.03. The first-order chi connectivity index (χ1) is 3.79. The van der Waals surface area contributed by atoms with Gasteiger partial charge in [-0.25, -0.2) is 9.97 Å². The standard InChI is InChI=1S/C4H5N3O.ClH/c5-4-6-1-3(8)2-7-4;/h1-2,8H,(H2,5,6,7);1H. The highest BCUT2D eigenvalue weighted by Crippen LogP contribution is 2.01. The monoisotopic (exact) mass is 147 g/mol. The molecule has 0 aliphatic carbocycles. The summed E-state index contributed by atoms with van der Waals surface area (Å²) >= 11 is 0. The fourth-order valence-electron chi connectivity index (χ4n) is 0.331. The number of rotatable bonds is 0. The summed E-state index contributed by atoms with van der Waals surface area (Å²) < 4.78 is 0. The summed E-state index contributed by atoms with van der Waals surface area (Å²) in [6.45, 7) is 0. The van der Waals surface area contributed by atoms with Crippen LogP contribution in [-0.4, -0.2) is 15.1 Å². The Morgan fingerprint density at radius 1 is 1.33 bits per heavy atom. The fraction of sp³-hybridized carbons (Fsp3) is 0. The molecule has 0 spiro atoms. The van der Waals surface area contributed by atoms with Gasteiger partial charge in [-0.05, 0) is 0 Å². The molecule has 0 saturated heterocycles. The molecule has 0 saturated carbocycles. The number of halogens is 1.